The molecule has 0 rings (SSSR count). The SMILES string of the molecule is CCCCCCCCCCCCCCCC(=O)OC[C@@H](COC(=O)CCCCCCCCCC(C)C)OC(=O)CCCCCCCCCCCC. The van der Waals surface area contributed by atoms with Gasteiger partial charge in [-0.25, -0.2) is 0 Å². The molecule has 0 saturated carbocycles. The Morgan fingerprint density at radius 2 is 0.647 bits per heavy atom. The van der Waals surface area contributed by atoms with Crippen molar-refractivity contribution in [3.63, 3.8) is 0 Å². The predicted octanol–water partition coefficient (Wildman–Crippen LogP) is 13.9. The van der Waals surface area contributed by atoms with Gasteiger partial charge in [-0.15, -0.1) is 0 Å². The van der Waals surface area contributed by atoms with E-state index in [0.717, 1.165) is 63.7 Å². The van der Waals surface area contributed by atoms with Gasteiger partial charge in [0.15, 0.2) is 6.10 Å². The molecule has 6 heteroatoms. The van der Waals surface area contributed by atoms with Crippen molar-refractivity contribution in [1.29, 1.82) is 0 Å². The van der Waals surface area contributed by atoms with Crippen LogP contribution in [0.3, 0.4) is 0 Å². The summed E-state index contributed by atoms with van der Waals surface area (Å²) < 4.78 is 16.7. The Bertz CT molecular complexity index is 766. The van der Waals surface area contributed by atoms with Crippen molar-refractivity contribution < 1.29 is 28.6 Å². The molecule has 0 aromatic carbocycles. The number of esters is 3. The zero-order valence-corrected chi connectivity index (χ0v) is 34.6. The van der Waals surface area contributed by atoms with Crippen LogP contribution in [0.4, 0.5) is 0 Å². The zero-order valence-electron chi connectivity index (χ0n) is 34.6. The highest BCUT2D eigenvalue weighted by Gasteiger charge is 2.19. The lowest BCUT2D eigenvalue weighted by Gasteiger charge is -2.18. The average Bonchev–Trinajstić information content (AvgIpc) is 3.11. The maximum atomic E-state index is 12.7. The highest BCUT2D eigenvalue weighted by Crippen LogP contribution is 2.16. The minimum absolute atomic E-state index is 0.0643. The van der Waals surface area contributed by atoms with E-state index in [0.29, 0.717) is 19.3 Å². The zero-order chi connectivity index (χ0) is 37.5. The van der Waals surface area contributed by atoms with E-state index in [9.17, 15) is 14.4 Å². The lowest BCUT2D eigenvalue weighted by Crippen LogP contribution is -2.30. The number of carbonyl (C=O) groups is 3. The first-order chi connectivity index (χ1) is 24.9. The molecule has 0 amide bonds. The van der Waals surface area contributed by atoms with Gasteiger partial charge in [-0.1, -0.05) is 207 Å². The van der Waals surface area contributed by atoms with Crippen LogP contribution in [0, 0.1) is 5.92 Å². The minimum Gasteiger partial charge on any atom is -0.462 e. The van der Waals surface area contributed by atoms with Crippen LogP contribution >= 0.6 is 0 Å². The lowest BCUT2D eigenvalue weighted by molar-refractivity contribution is -0.167. The van der Waals surface area contributed by atoms with Crippen molar-refractivity contribution in [2.75, 3.05) is 13.2 Å². The Morgan fingerprint density at radius 3 is 0.961 bits per heavy atom. The van der Waals surface area contributed by atoms with Gasteiger partial charge in [-0.05, 0) is 25.2 Å². The van der Waals surface area contributed by atoms with Gasteiger partial charge in [0.2, 0.25) is 0 Å². The van der Waals surface area contributed by atoms with E-state index in [1.54, 1.807) is 0 Å². The molecule has 0 spiro atoms. The van der Waals surface area contributed by atoms with Gasteiger partial charge in [0.25, 0.3) is 0 Å². The Morgan fingerprint density at radius 1 is 0.373 bits per heavy atom. The van der Waals surface area contributed by atoms with Gasteiger partial charge in [-0.3, -0.25) is 14.4 Å². The first-order valence-corrected chi connectivity index (χ1v) is 22.4. The minimum atomic E-state index is -0.758. The first-order valence-electron chi connectivity index (χ1n) is 22.4. The molecule has 0 aliphatic carbocycles. The molecule has 0 heterocycles. The molecule has 302 valence electrons. The standard InChI is InChI=1S/C45H86O6/c1-5-7-9-11-13-15-17-18-19-21-24-28-32-36-43(46)49-39-42(51-45(48)38-34-30-25-20-16-14-12-10-8-6-2)40-50-44(47)37-33-29-26-22-23-27-31-35-41(3)4/h41-42H,5-40H2,1-4H3/t42-/m0/s1. The molecule has 1 atom stereocenters. The summed E-state index contributed by atoms with van der Waals surface area (Å²) in [5, 5.41) is 0. The topological polar surface area (TPSA) is 78.9 Å². The number of hydrogen-bond donors (Lipinski definition) is 0. The van der Waals surface area contributed by atoms with Crippen molar-refractivity contribution in [2.45, 2.75) is 252 Å². The smallest absolute Gasteiger partial charge is 0.306 e. The van der Waals surface area contributed by atoms with Crippen LogP contribution < -0.4 is 0 Å². The maximum Gasteiger partial charge on any atom is 0.306 e. The number of carbonyl (C=O) groups excluding carboxylic acids is 3. The normalized spacial score (nSPS) is 11.9. The molecular weight excluding hydrogens is 636 g/mol. The molecule has 0 aromatic heterocycles. The van der Waals surface area contributed by atoms with Crippen LogP contribution in [0.1, 0.15) is 246 Å². The fraction of sp³-hybridized carbons (Fsp3) is 0.933. The molecule has 51 heavy (non-hydrogen) atoms. The summed E-state index contributed by atoms with van der Waals surface area (Å²) in [6, 6.07) is 0. The third-order valence-corrected chi connectivity index (χ3v) is 10.0. The summed E-state index contributed by atoms with van der Waals surface area (Å²) in [5.74, 6) is -0.0773. The summed E-state index contributed by atoms with van der Waals surface area (Å²) >= 11 is 0. The fourth-order valence-electron chi connectivity index (χ4n) is 6.63. The number of rotatable bonds is 40. The Labute approximate surface area is 317 Å². The van der Waals surface area contributed by atoms with Crippen LogP contribution in [0.15, 0.2) is 0 Å². The third kappa shape index (κ3) is 39.5. The first kappa shape index (κ1) is 49.4. The van der Waals surface area contributed by atoms with Crippen LogP contribution in [0.25, 0.3) is 0 Å². The van der Waals surface area contributed by atoms with Crippen LogP contribution in [-0.4, -0.2) is 37.2 Å². The third-order valence-electron chi connectivity index (χ3n) is 10.0. The number of ether oxygens (including phenoxy) is 3. The Hall–Kier alpha value is -1.59. The highest BCUT2D eigenvalue weighted by molar-refractivity contribution is 5.71. The summed E-state index contributed by atoms with van der Waals surface area (Å²) in [6.45, 7) is 8.93. The van der Waals surface area contributed by atoms with Gasteiger partial charge in [0.05, 0.1) is 0 Å². The van der Waals surface area contributed by atoms with E-state index in [1.807, 2.05) is 0 Å². The Kier molecular flexibility index (Phi) is 38.4. The van der Waals surface area contributed by atoms with Gasteiger partial charge in [0.1, 0.15) is 13.2 Å². The quantitative estimate of drug-likeness (QED) is 0.0356. The molecule has 0 aliphatic rings. The second-order valence-corrected chi connectivity index (χ2v) is 15.8. The van der Waals surface area contributed by atoms with E-state index in [4.69, 9.17) is 14.2 Å². The second kappa shape index (κ2) is 39.6. The van der Waals surface area contributed by atoms with Crippen molar-refractivity contribution in [3.05, 3.63) is 0 Å². The molecular formula is C45H86O6. The van der Waals surface area contributed by atoms with E-state index in [-0.39, 0.29) is 31.1 Å². The van der Waals surface area contributed by atoms with Crippen molar-refractivity contribution in [3.8, 4) is 0 Å². The molecule has 0 unspecified atom stereocenters. The molecule has 0 saturated heterocycles. The number of unbranched alkanes of at least 4 members (excludes halogenated alkanes) is 27. The Balaban J connectivity index is 4.31. The van der Waals surface area contributed by atoms with Gasteiger partial charge < -0.3 is 14.2 Å². The van der Waals surface area contributed by atoms with Crippen molar-refractivity contribution >= 4 is 17.9 Å². The molecule has 0 bridgehead atoms. The van der Waals surface area contributed by atoms with E-state index in [2.05, 4.69) is 27.7 Å². The summed E-state index contributed by atoms with van der Waals surface area (Å²) in [5.41, 5.74) is 0. The maximum absolute atomic E-state index is 12.7. The fourth-order valence-corrected chi connectivity index (χ4v) is 6.63. The van der Waals surface area contributed by atoms with Gasteiger partial charge in [-0.2, -0.15) is 0 Å². The summed E-state index contributed by atoms with van der Waals surface area (Å²) in [4.78, 5) is 37.6. The van der Waals surface area contributed by atoms with Crippen molar-refractivity contribution in [1.82, 2.24) is 0 Å². The average molecular weight is 723 g/mol. The molecule has 0 radical (unpaired) electrons. The second-order valence-electron chi connectivity index (χ2n) is 15.8. The highest BCUT2D eigenvalue weighted by atomic mass is 16.6. The van der Waals surface area contributed by atoms with Crippen LogP contribution in [0.2, 0.25) is 0 Å². The van der Waals surface area contributed by atoms with Gasteiger partial charge >= 0.3 is 17.9 Å². The summed E-state index contributed by atoms with van der Waals surface area (Å²) in [7, 11) is 0. The van der Waals surface area contributed by atoms with Crippen molar-refractivity contribution in [2.24, 2.45) is 5.92 Å². The molecule has 0 aliphatic heterocycles. The van der Waals surface area contributed by atoms with E-state index in [1.165, 1.54) is 141 Å². The van der Waals surface area contributed by atoms with Crippen LogP contribution in [-0.2, 0) is 28.6 Å². The van der Waals surface area contributed by atoms with E-state index < -0.39 is 6.10 Å². The van der Waals surface area contributed by atoms with E-state index >= 15 is 0 Å². The molecule has 0 N–H and O–H groups in total. The predicted molar refractivity (Wildman–Crippen MR) is 215 cm³/mol. The van der Waals surface area contributed by atoms with Crippen LogP contribution in [0.5, 0.6) is 0 Å². The monoisotopic (exact) mass is 723 g/mol. The van der Waals surface area contributed by atoms with Gasteiger partial charge in [0, 0.05) is 19.3 Å². The molecule has 0 fully saturated rings. The number of hydrogen-bond acceptors (Lipinski definition) is 6. The summed E-state index contributed by atoms with van der Waals surface area (Å²) in [6.07, 6.45) is 38.0. The molecule has 6 nitrogen and oxygen atoms in total. The lowest BCUT2D eigenvalue weighted by atomic mass is 10.0. The molecule has 0 aromatic rings. The largest absolute Gasteiger partial charge is 0.462 e.